The fourth-order valence-electron chi connectivity index (χ4n) is 2.88. The minimum atomic E-state index is -0.882. The first kappa shape index (κ1) is 18.4. The molecule has 0 aliphatic carbocycles. The molecule has 1 aliphatic heterocycles. The van der Waals surface area contributed by atoms with E-state index in [1.807, 2.05) is 30.3 Å². The number of nitrogens with zero attached hydrogens (tertiary/aromatic N) is 1. The third-order valence-electron chi connectivity index (χ3n) is 4.26. The third-order valence-corrected chi connectivity index (χ3v) is 4.26. The molecule has 0 spiro atoms. The first-order valence-electron chi connectivity index (χ1n) is 8.72. The first-order valence-corrected chi connectivity index (χ1v) is 8.72. The van der Waals surface area contributed by atoms with E-state index in [2.05, 4.69) is 10.6 Å². The molecule has 0 radical (unpaired) electrons. The summed E-state index contributed by atoms with van der Waals surface area (Å²) in [6.45, 7) is 1.71. The number of nitrogens with one attached hydrogen (secondary N) is 2. The van der Waals surface area contributed by atoms with Crippen molar-refractivity contribution in [1.82, 2.24) is 5.32 Å². The Bertz CT molecular complexity index is 838. The largest absolute Gasteiger partial charge is 0.454 e. The molecule has 3 amide bonds. The van der Waals surface area contributed by atoms with Crippen molar-refractivity contribution in [3.8, 4) is 0 Å². The Labute approximate surface area is 157 Å². The molecule has 7 heteroatoms. The van der Waals surface area contributed by atoms with Gasteiger partial charge < -0.3 is 20.3 Å². The molecule has 3 rings (SSSR count). The molecular weight excluding hydrogens is 346 g/mol. The zero-order chi connectivity index (χ0) is 19.2. The van der Waals surface area contributed by atoms with E-state index < -0.39 is 18.0 Å². The highest BCUT2D eigenvalue weighted by Crippen LogP contribution is 2.27. The number of benzene rings is 2. The molecule has 1 aliphatic rings. The standard InChI is InChI=1S/C20H21N3O4/c1-14(21-20(26)22-16-8-3-2-4-9-16)19(25)27-13-18(24)23-12-11-15-7-5-6-10-17(15)23/h2-10,14H,11-13H2,1H3,(H2,21,22,26)/t14-/m0/s1. The minimum Gasteiger partial charge on any atom is -0.454 e. The van der Waals surface area contributed by atoms with Crippen LogP contribution in [0.5, 0.6) is 0 Å². The summed E-state index contributed by atoms with van der Waals surface area (Å²) >= 11 is 0. The predicted molar refractivity (Wildman–Crippen MR) is 102 cm³/mol. The lowest BCUT2D eigenvalue weighted by Gasteiger charge is -2.18. The number of rotatable bonds is 5. The van der Waals surface area contributed by atoms with E-state index in [1.54, 1.807) is 29.2 Å². The van der Waals surface area contributed by atoms with Crippen LogP contribution in [0.3, 0.4) is 0 Å². The molecule has 2 N–H and O–H groups in total. The van der Waals surface area contributed by atoms with Gasteiger partial charge in [-0.1, -0.05) is 36.4 Å². The van der Waals surface area contributed by atoms with Gasteiger partial charge in [0.2, 0.25) is 0 Å². The molecule has 0 fully saturated rings. The second-order valence-electron chi connectivity index (χ2n) is 6.22. The van der Waals surface area contributed by atoms with Crippen LogP contribution in [0.25, 0.3) is 0 Å². The number of amides is 3. The van der Waals surface area contributed by atoms with E-state index in [9.17, 15) is 14.4 Å². The molecule has 1 atom stereocenters. The molecule has 0 bridgehead atoms. The number of carbonyl (C=O) groups is 3. The van der Waals surface area contributed by atoms with Gasteiger partial charge in [-0.25, -0.2) is 9.59 Å². The molecule has 0 saturated heterocycles. The molecule has 140 valence electrons. The maximum atomic E-state index is 12.3. The van der Waals surface area contributed by atoms with Crippen molar-refractivity contribution in [3.05, 3.63) is 60.2 Å². The van der Waals surface area contributed by atoms with Crippen LogP contribution in [-0.4, -0.2) is 37.1 Å². The Morgan fingerprint density at radius 1 is 1.07 bits per heavy atom. The van der Waals surface area contributed by atoms with Crippen molar-refractivity contribution in [2.24, 2.45) is 0 Å². The third kappa shape index (κ3) is 4.63. The SMILES string of the molecule is C[C@H](NC(=O)Nc1ccccc1)C(=O)OCC(=O)N1CCc2ccccc21. The fourth-order valence-corrected chi connectivity index (χ4v) is 2.88. The highest BCUT2D eigenvalue weighted by atomic mass is 16.5. The lowest BCUT2D eigenvalue weighted by Crippen LogP contribution is -2.43. The number of anilines is 2. The summed E-state index contributed by atoms with van der Waals surface area (Å²) in [7, 11) is 0. The fraction of sp³-hybridized carbons (Fsp3) is 0.250. The van der Waals surface area contributed by atoms with Gasteiger partial charge in [0.1, 0.15) is 6.04 Å². The monoisotopic (exact) mass is 367 g/mol. The molecule has 2 aromatic rings. The summed E-state index contributed by atoms with van der Waals surface area (Å²) < 4.78 is 5.07. The van der Waals surface area contributed by atoms with Gasteiger partial charge >= 0.3 is 12.0 Å². The van der Waals surface area contributed by atoms with Crippen molar-refractivity contribution in [3.63, 3.8) is 0 Å². The zero-order valence-electron chi connectivity index (χ0n) is 15.0. The van der Waals surface area contributed by atoms with Crippen LogP contribution in [0.2, 0.25) is 0 Å². The number of hydrogen-bond acceptors (Lipinski definition) is 4. The second kappa shape index (κ2) is 8.35. The Balaban J connectivity index is 1.46. The highest BCUT2D eigenvalue weighted by Gasteiger charge is 2.26. The Morgan fingerprint density at radius 3 is 2.56 bits per heavy atom. The quantitative estimate of drug-likeness (QED) is 0.794. The van der Waals surface area contributed by atoms with Crippen molar-refractivity contribution >= 4 is 29.3 Å². The van der Waals surface area contributed by atoms with E-state index in [-0.39, 0.29) is 12.5 Å². The van der Waals surface area contributed by atoms with Crippen LogP contribution in [0.15, 0.2) is 54.6 Å². The summed E-state index contributed by atoms with van der Waals surface area (Å²) in [5, 5.41) is 5.10. The van der Waals surface area contributed by atoms with Crippen molar-refractivity contribution in [2.75, 3.05) is 23.4 Å². The average molecular weight is 367 g/mol. The topological polar surface area (TPSA) is 87.7 Å². The predicted octanol–water partition coefficient (Wildman–Crippen LogP) is 2.33. The highest BCUT2D eigenvalue weighted by molar-refractivity contribution is 5.97. The molecule has 27 heavy (non-hydrogen) atoms. The lowest BCUT2D eigenvalue weighted by atomic mass is 10.2. The summed E-state index contributed by atoms with van der Waals surface area (Å²) in [4.78, 5) is 37.9. The van der Waals surface area contributed by atoms with Gasteiger partial charge in [-0.3, -0.25) is 4.79 Å². The number of fused-ring (bicyclic) bond motifs is 1. The maximum absolute atomic E-state index is 12.3. The van der Waals surface area contributed by atoms with Crippen LogP contribution in [0, 0.1) is 0 Å². The molecule has 2 aromatic carbocycles. The molecular formula is C20H21N3O4. The van der Waals surface area contributed by atoms with Gasteiger partial charge in [0.15, 0.2) is 6.61 Å². The minimum absolute atomic E-state index is 0.283. The Kier molecular flexibility index (Phi) is 5.71. The van der Waals surface area contributed by atoms with Crippen LogP contribution < -0.4 is 15.5 Å². The normalized spacial score (nSPS) is 13.4. The Hall–Kier alpha value is -3.35. The molecule has 7 nitrogen and oxygen atoms in total. The number of ether oxygens (including phenoxy) is 1. The summed E-state index contributed by atoms with van der Waals surface area (Å²) in [6, 6.07) is 15.1. The molecule has 0 saturated carbocycles. The molecule has 0 aromatic heterocycles. The van der Waals surface area contributed by atoms with Gasteiger partial charge in [0.25, 0.3) is 5.91 Å². The van der Waals surface area contributed by atoms with Crippen LogP contribution in [-0.2, 0) is 20.7 Å². The van der Waals surface area contributed by atoms with Crippen LogP contribution in [0.1, 0.15) is 12.5 Å². The Morgan fingerprint density at radius 2 is 1.78 bits per heavy atom. The van der Waals surface area contributed by atoms with Crippen molar-refractivity contribution in [1.29, 1.82) is 0 Å². The lowest BCUT2D eigenvalue weighted by molar-refractivity contribution is -0.149. The number of carbonyl (C=O) groups excluding carboxylic acids is 3. The molecule has 0 unspecified atom stereocenters. The summed E-state index contributed by atoms with van der Waals surface area (Å²) in [5.74, 6) is -0.951. The maximum Gasteiger partial charge on any atom is 0.328 e. The summed E-state index contributed by atoms with van der Waals surface area (Å²) in [6.07, 6.45) is 0.785. The number of esters is 1. The summed E-state index contributed by atoms with van der Waals surface area (Å²) in [5.41, 5.74) is 2.56. The number of para-hydroxylation sites is 2. The van der Waals surface area contributed by atoms with E-state index in [4.69, 9.17) is 4.74 Å². The number of urea groups is 1. The van der Waals surface area contributed by atoms with Gasteiger partial charge in [-0.15, -0.1) is 0 Å². The van der Waals surface area contributed by atoms with Crippen molar-refractivity contribution < 1.29 is 19.1 Å². The first-order chi connectivity index (χ1) is 13.0. The van der Waals surface area contributed by atoms with Crippen LogP contribution >= 0.6 is 0 Å². The molecule has 1 heterocycles. The van der Waals surface area contributed by atoms with Gasteiger partial charge in [-0.2, -0.15) is 0 Å². The van der Waals surface area contributed by atoms with Crippen molar-refractivity contribution in [2.45, 2.75) is 19.4 Å². The van der Waals surface area contributed by atoms with E-state index in [1.165, 1.54) is 6.92 Å². The number of hydrogen-bond donors (Lipinski definition) is 2. The average Bonchev–Trinajstić information content (AvgIpc) is 3.10. The zero-order valence-corrected chi connectivity index (χ0v) is 15.0. The van der Waals surface area contributed by atoms with Gasteiger partial charge in [0.05, 0.1) is 0 Å². The second-order valence-corrected chi connectivity index (χ2v) is 6.22. The van der Waals surface area contributed by atoms with E-state index in [0.29, 0.717) is 12.2 Å². The van der Waals surface area contributed by atoms with E-state index in [0.717, 1.165) is 17.7 Å². The van der Waals surface area contributed by atoms with Crippen LogP contribution in [0.4, 0.5) is 16.2 Å². The van der Waals surface area contributed by atoms with Gasteiger partial charge in [0, 0.05) is 17.9 Å². The van der Waals surface area contributed by atoms with E-state index >= 15 is 0 Å². The van der Waals surface area contributed by atoms with Gasteiger partial charge in [-0.05, 0) is 37.1 Å². The smallest absolute Gasteiger partial charge is 0.328 e.